The monoisotopic (exact) mass is 384 g/mol. The number of amides is 1. The number of rotatable bonds is 2. The molecule has 0 aromatic heterocycles. The van der Waals surface area contributed by atoms with Crippen LogP contribution in [0.2, 0.25) is 0 Å². The van der Waals surface area contributed by atoms with Gasteiger partial charge in [0.25, 0.3) is 5.91 Å². The van der Waals surface area contributed by atoms with E-state index in [0.29, 0.717) is 6.04 Å². The van der Waals surface area contributed by atoms with Crippen LogP contribution in [0.15, 0.2) is 24.3 Å². The Morgan fingerprint density at radius 1 is 1.15 bits per heavy atom. The van der Waals surface area contributed by atoms with Gasteiger partial charge in [-0.25, -0.2) is 0 Å². The van der Waals surface area contributed by atoms with Gasteiger partial charge in [0.2, 0.25) is 0 Å². The molecule has 2 aliphatic rings. The molecule has 2 heterocycles. The topological polar surface area (TPSA) is 23.6 Å². The Balaban J connectivity index is 1.63. The zero-order valence-corrected chi connectivity index (χ0v) is 13.9. The van der Waals surface area contributed by atoms with E-state index in [0.717, 1.165) is 28.6 Å². The Morgan fingerprint density at radius 3 is 2.70 bits per heavy atom. The van der Waals surface area contributed by atoms with Crippen molar-refractivity contribution in [3.8, 4) is 0 Å². The molecule has 1 unspecified atom stereocenters. The van der Waals surface area contributed by atoms with Crippen molar-refractivity contribution >= 4 is 28.5 Å². The first kappa shape index (κ1) is 14.3. The molecule has 0 saturated carbocycles. The fourth-order valence-corrected chi connectivity index (χ4v) is 3.86. The maximum atomic E-state index is 12.5. The van der Waals surface area contributed by atoms with Crippen LogP contribution in [0.5, 0.6) is 0 Å². The minimum Gasteiger partial charge on any atom is -0.337 e. The molecule has 3 rings (SSSR count). The van der Waals surface area contributed by atoms with Crippen molar-refractivity contribution < 1.29 is 4.79 Å². The van der Waals surface area contributed by atoms with Crippen molar-refractivity contribution in [1.29, 1.82) is 0 Å². The van der Waals surface area contributed by atoms with E-state index in [2.05, 4.69) is 27.5 Å². The minimum absolute atomic E-state index is 0.197. The third-order valence-electron chi connectivity index (χ3n) is 4.43. The van der Waals surface area contributed by atoms with Crippen molar-refractivity contribution in [3.63, 3.8) is 0 Å². The number of halogens is 1. The van der Waals surface area contributed by atoms with Gasteiger partial charge < -0.3 is 4.90 Å². The number of carbonyl (C=O) groups excluding carboxylic acids is 1. The summed E-state index contributed by atoms with van der Waals surface area (Å²) in [5, 5.41) is 0. The lowest BCUT2D eigenvalue weighted by Gasteiger charge is -2.32. The van der Waals surface area contributed by atoms with Gasteiger partial charge in [-0.15, -0.1) is 0 Å². The number of piperidine rings is 1. The van der Waals surface area contributed by atoms with Gasteiger partial charge in [-0.3, -0.25) is 9.69 Å². The summed E-state index contributed by atoms with van der Waals surface area (Å²) in [5.41, 5.74) is 0.830. The average Bonchev–Trinajstić information content (AvgIpc) is 2.97. The molecule has 2 fully saturated rings. The number of nitrogens with zero attached hydrogens (tertiary/aromatic N) is 2. The van der Waals surface area contributed by atoms with Gasteiger partial charge in [-0.1, -0.05) is 12.5 Å². The molecule has 4 heteroatoms. The second kappa shape index (κ2) is 6.43. The van der Waals surface area contributed by atoms with E-state index in [4.69, 9.17) is 0 Å². The molecule has 1 amide bonds. The summed E-state index contributed by atoms with van der Waals surface area (Å²) in [6.07, 6.45) is 5.15. The number of hydrogen-bond donors (Lipinski definition) is 0. The van der Waals surface area contributed by atoms with E-state index in [1.807, 2.05) is 29.2 Å². The maximum Gasteiger partial charge on any atom is 0.253 e. The SMILES string of the molecule is O=C(c1cccc(I)c1)N1CCC(N2CCCCC2)C1. The lowest BCUT2D eigenvalue weighted by Crippen LogP contribution is -2.41. The predicted molar refractivity (Wildman–Crippen MR) is 88.9 cm³/mol. The summed E-state index contributed by atoms with van der Waals surface area (Å²) < 4.78 is 1.13. The van der Waals surface area contributed by atoms with Gasteiger partial charge in [0, 0.05) is 28.3 Å². The smallest absolute Gasteiger partial charge is 0.253 e. The Morgan fingerprint density at radius 2 is 1.95 bits per heavy atom. The zero-order valence-electron chi connectivity index (χ0n) is 11.7. The quantitative estimate of drug-likeness (QED) is 0.732. The van der Waals surface area contributed by atoms with Gasteiger partial charge in [-0.05, 0) is 73.1 Å². The molecule has 1 aromatic carbocycles. The minimum atomic E-state index is 0.197. The van der Waals surface area contributed by atoms with Crippen LogP contribution in [0.3, 0.4) is 0 Å². The first-order valence-corrected chi connectivity index (χ1v) is 8.61. The fourth-order valence-electron chi connectivity index (χ4n) is 3.31. The van der Waals surface area contributed by atoms with Crippen LogP contribution in [-0.4, -0.2) is 47.9 Å². The second-order valence-corrected chi connectivity index (χ2v) is 7.05. The molecule has 108 valence electrons. The third-order valence-corrected chi connectivity index (χ3v) is 5.10. The molecule has 0 aliphatic carbocycles. The lowest BCUT2D eigenvalue weighted by atomic mass is 10.1. The predicted octanol–water partition coefficient (Wildman–Crippen LogP) is 2.99. The van der Waals surface area contributed by atoms with Crippen molar-refractivity contribution in [1.82, 2.24) is 9.80 Å². The van der Waals surface area contributed by atoms with Gasteiger partial charge in [0.1, 0.15) is 0 Å². The summed E-state index contributed by atoms with van der Waals surface area (Å²) >= 11 is 2.26. The summed E-state index contributed by atoms with van der Waals surface area (Å²) in [6.45, 7) is 4.25. The highest BCUT2D eigenvalue weighted by Gasteiger charge is 2.31. The largest absolute Gasteiger partial charge is 0.337 e. The van der Waals surface area contributed by atoms with Crippen LogP contribution in [0, 0.1) is 3.57 Å². The normalized spacial score (nSPS) is 24.1. The van der Waals surface area contributed by atoms with Crippen LogP contribution in [0.25, 0.3) is 0 Å². The van der Waals surface area contributed by atoms with Crippen LogP contribution in [-0.2, 0) is 0 Å². The molecule has 3 nitrogen and oxygen atoms in total. The van der Waals surface area contributed by atoms with Crippen molar-refractivity contribution in [2.24, 2.45) is 0 Å². The standard InChI is InChI=1S/C16H21IN2O/c17-14-6-4-5-13(11-14)16(20)19-10-7-15(12-19)18-8-2-1-3-9-18/h4-6,11,15H,1-3,7-10,12H2. The molecule has 0 spiro atoms. The second-order valence-electron chi connectivity index (χ2n) is 5.80. The van der Waals surface area contributed by atoms with Crippen molar-refractivity contribution in [3.05, 3.63) is 33.4 Å². The van der Waals surface area contributed by atoms with E-state index in [9.17, 15) is 4.79 Å². The lowest BCUT2D eigenvalue weighted by molar-refractivity contribution is 0.0771. The summed E-state index contributed by atoms with van der Waals surface area (Å²) in [6, 6.07) is 8.49. The van der Waals surface area contributed by atoms with E-state index in [1.54, 1.807) is 0 Å². The van der Waals surface area contributed by atoms with Crippen LogP contribution in [0.1, 0.15) is 36.0 Å². The highest BCUT2D eigenvalue weighted by atomic mass is 127. The molecule has 0 N–H and O–H groups in total. The fraction of sp³-hybridized carbons (Fsp3) is 0.562. The van der Waals surface area contributed by atoms with E-state index >= 15 is 0 Å². The van der Waals surface area contributed by atoms with Crippen LogP contribution < -0.4 is 0 Å². The summed E-state index contributed by atoms with van der Waals surface area (Å²) in [5.74, 6) is 0.197. The Bertz CT molecular complexity index is 485. The molecule has 2 saturated heterocycles. The van der Waals surface area contributed by atoms with Gasteiger partial charge in [0.05, 0.1) is 0 Å². The number of carbonyl (C=O) groups is 1. The highest BCUT2D eigenvalue weighted by molar-refractivity contribution is 14.1. The van der Waals surface area contributed by atoms with E-state index < -0.39 is 0 Å². The highest BCUT2D eigenvalue weighted by Crippen LogP contribution is 2.22. The van der Waals surface area contributed by atoms with Gasteiger partial charge in [0.15, 0.2) is 0 Å². The van der Waals surface area contributed by atoms with E-state index in [1.165, 1.54) is 32.4 Å². The van der Waals surface area contributed by atoms with Crippen molar-refractivity contribution in [2.45, 2.75) is 31.7 Å². The molecular weight excluding hydrogens is 363 g/mol. The number of likely N-dealkylation sites (tertiary alicyclic amines) is 2. The molecule has 0 radical (unpaired) electrons. The first-order valence-electron chi connectivity index (χ1n) is 7.53. The first-order chi connectivity index (χ1) is 9.74. The maximum absolute atomic E-state index is 12.5. The number of benzene rings is 1. The average molecular weight is 384 g/mol. The Hall–Kier alpha value is -0.620. The zero-order chi connectivity index (χ0) is 13.9. The Kier molecular flexibility index (Phi) is 4.61. The van der Waals surface area contributed by atoms with E-state index in [-0.39, 0.29) is 5.91 Å². The molecule has 1 aromatic rings. The molecule has 0 bridgehead atoms. The molecule has 1 atom stereocenters. The third kappa shape index (κ3) is 3.17. The van der Waals surface area contributed by atoms with Crippen LogP contribution >= 0.6 is 22.6 Å². The number of hydrogen-bond acceptors (Lipinski definition) is 2. The van der Waals surface area contributed by atoms with Crippen LogP contribution in [0.4, 0.5) is 0 Å². The van der Waals surface area contributed by atoms with Gasteiger partial charge in [-0.2, -0.15) is 0 Å². The molecular formula is C16H21IN2O. The molecule has 2 aliphatic heterocycles. The molecule has 20 heavy (non-hydrogen) atoms. The summed E-state index contributed by atoms with van der Waals surface area (Å²) in [7, 11) is 0. The van der Waals surface area contributed by atoms with Gasteiger partial charge >= 0.3 is 0 Å². The Labute approximate surface area is 134 Å². The van der Waals surface area contributed by atoms with Crippen molar-refractivity contribution in [2.75, 3.05) is 26.2 Å². The summed E-state index contributed by atoms with van der Waals surface area (Å²) in [4.78, 5) is 17.2.